The molecule has 0 unspecified atom stereocenters. The van der Waals surface area contributed by atoms with Crippen molar-refractivity contribution in [1.29, 1.82) is 0 Å². The molecular weight excluding hydrogens is 511 g/mol. The summed E-state index contributed by atoms with van der Waals surface area (Å²) in [4.78, 5) is 20.7. The number of piperidine rings is 1. The van der Waals surface area contributed by atoms with Crippen LogP contribution in [-0.4, -0.2) is 88.4 Å². The Morgan fingerprint density at radius 3 is 2.58 bits per heavy atom. The highest BCUT2D eigenvalue weighted by Gasteiger charge is 2.27. The number of esters is 1. The number of likely N-dealkylation sites (tertiary alicyclic amines) is 1. The van der Waals surface area contributed by atoms with Crippen molar-refractivity contribution in [1.82, 2.24) is 15.1 Å². The molecule has 0 aliphatic carbocycles. The van der Waals surface area contributed by atoms with Crippen molar-refractivity contribution < 1.29 is 19.0 Å². The van der Waals surface area contributed by atoms with Gasteiger partial charge in [0.05, 0.1) is 26.2 Å². The Morgan fingerprint density at radius 1 is 1.19 bits per heavy atom. The van der Waals surface area contributed by atoms with Gasteiger partial charge in [0.1, 0.15) is 12.4 Å². The number of morpholine rings is 1. The van der Waals surface area contributed by atoms with Crippen molar-refractivity contribution in [2.24, 2.45) is 10.9 Å². The number of rotatable bonds is 7. The molecule has 0 saturated carbocycles. The van der Waals surface area contributed by atoms with Gasteiger partial charge in [-0.3, -0.25) is 14.7 Å². The predicted molar refractivity (Wildman–Crippen MR) is 131 cm³/mol. The number of methoxy groups -OCH3 is 1. The van der Waals surface area contributed by atoms with Gasteiger partial charge in [-0.2, -0.15) is 0 Å². The maximum absolute atomic E-state index is 11.7. The van der Waals surface area contributed by atoms with Gasteiger partial charge in [0, 0.05) is 51.9 Å². The lowest BCUT2D eigenvalue weighted by molar-refractivity contribution is -0.146. The first-order valence-electron chi connectivity index (χ1n) is 10.8. The van der Waals surface area contributed by atoms with Crippen LogP contribution in [0.4, 0.5) is 0 Å². The number of ether oxygens (including phenoxy) is 3. The van der Waals surface area contributed by atoms with E-state index in [0.717, 1.165) is 76.1 Å². The summed E-state index contributed by atoms with van der Waals surface area (Å²) in [6.45, 7) is 7.32. The van der Waals surface area contributed by atoms with Gasteiger partial charge in [-0.05, 0) is 18.9 Å². The molecule has 0 aromatic heterocycles. The van der Waals surface area contributed by atoms with E-state index in [4.69, 9.17) is 14.2 Å². The van der Waals surface area contributed by atoms with Crippen molar-refractivity contribution in [3.05, 3.63) is 29.8 Å². The van der Waals surface area contributed by atoms with Crippen LogP contribution in [-0.2, 0) is 20.8 Å². The van der Waals surface area contributed by atoms with Crippen LogP contribution >= 0.6 is 24.0 Å². The summed E-state index contributed by atoms with van der Waals surface area (Å²) in [5.41, 5.74) is 1.10. The monoisotopic (exact) mass is 546 g/mol. The number of halogens is 1. The molecule has 174 valence electrons. The molecule has 2 heterocycles. The number of carbonyl (C=O) groups excluding carboxylic acids is 1. The van der Waals surface area contributed by atoms with Gasteiger partial charge >= 0.3 is 5.97 Å². The highest BCUT2D eigenvalue weighted by atomic mass is 127. The van der Waals surface area contributed by atoms with Gasteiger partial charge in [0.25, 0.3) is 0 Å². The zero-order valence-corrected chi connectivity index (χ0v) is 20.9. The molecule has 2 fully saturated rings. The van der Waals surface area contributed by atoms with E-state index in [0.29, 0.717) is 13.2 Å². The van der Waals surface area contributed by atoms with E-state index < -0.39 is 0 Å². The Labute approximate surface area is 202 Å². The quantitative estimate of drug-likeness (QED) is 0.243. The molecule has 2 saturated heterocycles. The van der Waals surface area contributed by atoms with Gasteiger partial charge in [0.2, 0.25) is 0 Å². The van der Waals surface area contributed by atoms with Crippen molar-refractivity contribution in [2.45, 2.75) is 19.4 Å². The number of benzene rings is 1. The van der Waals surface area contributed by atoms with E-state index in [1.54, 1.807) is 7.05 Å². The third kappa shape index (κ3) is 7.80. The van der Waals surface area contributed by atoms with Crippen LogP contribution in [0.3, 0.4) is 0 Å². The molecule has 2 aliphatic heterocycles. The van der Waals surface area contributed by atoms with Crippen molar-refractivity contribution in [2.75, 3.05) is 66.7 Å². The second-order valence-electron chi connectivity index (χ2n) is 7.60. The van der Waals surface area contributed by atoms with Gasteiger partial charge in [-0.1, -0.05) is 18.2 Å². The standard InChI is InChI=1S/C22H34N4O4.HI/c1-23-22(26-9-7-18(8-10-26)21(27)28-2)24-17-19-5-3-4-6-20(19)30-16-13-25-11-14-29-15-12-25;/h3-6,18H,7-17H2,1-2H3,(H,23,24);1H. The third-order valence-corrected chi connectivity index (χ3v) is 5.72. The van der Waals surface area contributed by atoms with E-state index in [9.17, 15) is 4.79 Å². The van der Waals surface area contributed by atoms with E-state index in [1.165, 1.54) is 7.11 Å². The fourth-order valence-electron chi connectivity index (χ4n) is 3.90. The number of hydrogen-bond donors (Lipinski definition) is 1. The second kappa shape index (κ2) is 13.7. The van der Waals surface area contributed by atoms with Gasteiger partial charge in [-0.25, -0.2) is 0 Å². The fourth-order valence-corrected chi connectivity index (χ4v) is 3.90. The highest BCUT2D eigenvalue weighted by Crippen LogP contribution is 2.20. The van der Waals surface area contributed by atoms with E-state index >= 15 is 0 Å². The van der Waals surface area contributed by atoms with Crippen LogP contribution in [0.1, 0.15) is 18.4 Å². The molecule has 8 nitrogen and oxygen atoms in total. The summed E-state index contributed by atoms with van der Waals surface area (Å²) >= 11 is 0. The second-order valence-corrected chi connectivity index (χ2v) is 7.60. The molecule has 9 heteroatoms. The van der Waals surface area contributed by atoms with Crippen molar-refractivity contribution in [3.8, 4) is 5.75 Å². The molecule has 31 heavy (non-hydrogen) atoms. The summed E-state index contributed by atoms with van der Waals surface area (Å²) in [5, 5.41) is 3.45. The Hall–Kier alpha value is -1.59. The first-order valence-corrected chi connectivity index (χ1v) is 10.8. The lowest BCUT2D eigenvalue weighted by Gasteiger charge is -2.33. The molecule has 0 atom stereocenters. The summed E-state index contributed by atoms with van der Waals surface area (Å²) < 4.78 is 16.3. The van der Waals surface area contributed by atoms with Crippen LogP contribution in [0.25, 0.3) is 0 Å². The molecule has 0 bridgehead atoms. The number of guanidine groups is 1. The summed E-state index contributed by atoms with van der Waals surface area (Å²) in [6.07, 6.45) is 1.57. The van der Waals surface area contributed by atoms with E-state index in [2.05, 4.69) is 26.2 Å². The lowest BCUT2D eigenvalue weighted by Crippen LogP contribution is -2.46. The lowest BCUT2D eigenvalue weighted by atomic mass is 9.97. The summed E-state index contributed by atoms with van der Waals surface area (Å²) in [7, 11) is 3.25. The Kier molecular flexibility index (Phi) is 11.4. The summed E-state index contributed by atoms with van der Waals surface area (Å²) in [6, 6.07) is 8.12. The van der Waals surface area contributed by atoms with Crippen LogP contribution in [0.5, 0.6) is 5.75 Å². The first-order chi connectivity index (χ1) is 14.7. The number of aliphatic imine (C=N–C) groups is 1. The number of para-hydroxylation sites is 1. The number of nitrogens with one attached hydrogen (secondary N) is 1. The predicted octanol–water partition coefficient (Wildman–Crippen LogP) is 1.98. The maximum atomic E-state index is 11.7. The Bertz CT molecular complexity index is 705. The van der Waals surface area contributed by atoms with Crippen molar-refractivity contribution >= 4 is 35.9 Å². The van der Waals surface area contributed by atoms with Crippen LogP contribution < -0.4 is 10.1 Å². The molecular formula is C22H35IN4O4. The average Bonchev–Trinajstić information content (AvgIpc) is 2.81. The number of carbonyl (C=O) groups is 1. The highest BCUT2D eigenvalue weighted by molar-refractivity contribution is 14.0. The molecule has 0 amide bonds. The van der Waals surface area contributed by atoms with Gasteiger partial charge in [0.15, 0.2) is 5.96 Å². The first kappa shape index (κ1) is 25.7. The maximum Gasteiger partial charge on any atom is 0.308 e. The minimum atomic E-state index is -0.110. The largest absolute Gasteiger partial charge is 0.492 e. The van der Waals surface area contributed by atoms with Crippen LogP contribution in [0.2, 0.25) is 0 Å². The zero-order valence-electron chi connectivity index (χ0n) is 18.5. The molecule has 2 aliphatic rings. The third-order valence-electron chi connectivity index (χ3n) is 5.72. The Balaban J connectivity index is 0.00000341. The molecule has 1 aromatic rings. The van der Waals surface area contributed by atoms with Crippen LogP contribution in [0.15, 0.2) is 29.3 Å². The zero-order chi connectivity index (χ0) is 21.2. The molecule has 0 radical (unpaired) electrons. The van der Waals surface area contributed by atoms with E-state index in [-0.39, 0.29) is 35.9 Å². The SMILES string of the molecule is CN=C(NCc1ccccc1OCCN1CCOCC1)N1CCC(C(=O)OC)CC1.I. The van der Waals surface area contributed by atoms with Crippen LogP contribution in [0, 0.1) is 5.92 Å². The number of nitrogens with zero attached hydrogens (tertiary/aromatic N) is 3. The van der Waals surface area contributed by atoms with Crippen molar-refractivity contribution in [3.63, 3.8) is 0 Å². The van der Waals surface area contributed by atoms with Gasteiger partial charge < -0.3 is 24.4 Å². The number of hydrogen-bond acceptors (Lipinski definition) is 6. The Morgan fingerprint density at radius 2 is 1.90 bits per heavy atom. The fraction of sp³-hybridized carbons (Fsp3) is 0.636. The van der Waals surface area contributed by atoms with E-state index in [1.807, 2.05) is 18.2 Å². The minimum absolute atomic E-state index is 0. The summed E-state index contributed by atoms with van der Waals surface area (Å²) in [5.74, 6) is 1.63. The topological polar surface area (TPSA) is 75.6 Å². The smallest absolute Gasteiger partial charge is 0.308 e. The molecule has 1 N–H and O–H groups in total. The average molecular weight is 546 g/mol. The molecule has 0 spiro atoms. The normalized spacial score (nSPS) is 18.3. The molecule has 1 aromatic carbocycles. The molecule has 3 rings (SSSR count). The minimum Gasteiger partial charge on any atom is -0.492 e. The van der Waals surface area contributed by atoms with Gasteiger partial charge in [-0.15, -0.1) is 24.0 Å².